The number of carboxylic acid groups (broad SMARTS) is 1. The van der Waals surface area contributed by atoms with Crippen molar-refractivity contribution in [2.75, 3.05) is 11.9 Å². The number of hydrogen-bond donors (Lipinski definition) is 3. The summed E-state index contributed by atoms with van der Waals surface area (Å²) in [6, 6.07) is 23.8. The SMILES string of the molecule is CCCCCCCCc1ccc(OCC(Cn2ccc3cc(C(=O)O)ccc32)NC(=O)Nc2ccccc2)cc1. The molecule has 1 aromatic heterocycles. The van der Waals surface area contributed by atoms with Gasteiger partial charge in [0.1, 0.15) is 12.4 Å². The van der Waals surface area contributed by atoms with Crippen LogP contribution in [-0.4, -0.2) is 34.3 Å². The first-order valence-corrected chi connectivity index (χ1v) is 14.2. The number of para-hydroxylation sites is 1. The number of hydrogen-bond acceptors (Lipinski definition) is 3. The van der Waals surface area contributed by atoms with Crippen molar-refractivity contribution in [3.05, 3.63) is 96.2 Å². The number of nitrogens with zero attached hydrogens (tertiary/aromatic N) is 1. The Kier molecular flexibility index (Phi) is 10.6. The molecule has 0 saturated carbocycles. The second-order valence-electron chi connectivity index (χ2n) is 10.2. The van der Waals surface area contributed by atoms with Crippen molar-refractivity contribution in [1.29, 1.82) is 0 Å². The molecule has 3 aromatic carbocycles. The molecule has 210 valence electrons. The topological polar surface area (TPSA) is 92.6 Å². The maximum Gasteiger partial charge on any atom is 0.335 e. The van der Waals surface area contributed by atoms with Gasteiger partial charge in [0.15, 0.2) is 0 Å². The van der Waals surface area contributed by atoms with Gasteiger partial charge in [0.2, 0.25) is 0 Å². The fraction of sp³-hybridized carbons (Fsp3) is 0.333. The minimum atomic E-state index is -0.960. The van der Waals surface area contributed by atoms with Crippen LogP contribution in [0.4, 0.5) is 10.5 Å². The van der Waals surface area contributed by atoms with E-state index in [2.05, 4.69) is 29.7 Å². The van der Waals surface area contributed by atoms with Crippen LogP contribution in [-0.2, 0) is 13.0 Å². The van der Waals surface area contributed by atoms with Gasteiger partial charge < -0.3 is 25.0 Å². The summed E-state index contributed by atoms with van der Waals surface area (Å²) in [5.41, 5.74) is 3.14. The number of carbonyl (C=O) groups is 2. The number of aryl methyl sites for hydroxylation is 1. The molecule has 40 heavy (non-hydrogen) atoms. The van der Waals surface area contributed by atoms with E-state index in [4.69, 9.17) is 4.74 Å². The van der Waals surface area contributed by atoms with Crippen molar-refractivity contribution in [1.82, 2.24) is 9.88 Å². The summed E-state index contributed by atoms with van der Waals surface area (Å²) in [6.07, 6.45) is 10.7. The van der Waals surface area contributed by atoms with Crippen molar-refractivity contribution >= 4 is 28.6 Å². The van der Waals surface area contributed by atoms with Crippen LogP contribution in [0.1, 0.15) is 61.4 Å². The van der Waals surface area contributed by atoms with Gasteiger partial charge in [-0.05, 0) is 66.9 Å². The summed E-state index contributed by atoms with van der Waals surface area (Å²) >= 11 is 0. The second-order valence-corrected chi connectivity index (χ2v) is 10.2. The molecular weight excluding hydrogens is 502 g/mol. The standard InChI is InChI=1S/C33H39N3O4/c1-2-3-4-5-6-8-11-25-14-17-30(18-15-25)40-24-29(35-33(39)34-28-12-9-7-10-13-28)23-36-21-20-26-22-27(32(37)38)16-19-31(26)36/h7,9-10,12-22,29H,2-6,8,11,23-24H2,1H3,(H,37,38)(H2,34,35,39). The Bertz CT molecular complexity index is 1370. The summed E-state index contributed by atoms with van der Waals surface area (Å²) in [6.45, 7) is 2.96. The number of benzene rings is 3. The Balaban J connectivity index is 1.38. The van der Waals surface area contributed by atoms with Gasteiger partial charge in [0, 0.05) is 29.3 Å². The number of urea groups is 1. The molecule has 0 radical (unpaired) electrons. The molecule has 7 nitrogen and oxygen atoms in total. The van der Waals surface area contributed by atoms with Gasteiger partial charge in [-0.25, -0.2) is 9.59 Å². The molecule has 7 heteroatoms. The fourth-order valence-electron chi connectivity index (χ4n) is 4.80. The van der Waals surface area contributed by atoms with Crippen molar-refractivity contribution < 1.29 is 19.4 Å². The molecule has 0 bridgehead atoms. The van der Waals surface area contributed by atoms with Crippen LogP contribution in [0.3, 0.4) is 0 Å². The smallest absolute Gasteiger partial charge is 0.335 e. The second kappa shape index (κ2) is 14.8. The number of ether oxygens (including phenoxy) is 1. The summed E-state index contributed by atoms with van der Waals surface area (Å²) in [4.78, 5) is 24.2. The minimum Gasteiger partial charge on any atom is -0.491 e. The first-order valence-electron chi connectivity index (χ1n) is 14.2. The van der Waals surface area contributed by atoms with Crippen molar-refractivity contribution in [3.63, 3.8) is 0 Å². The van der Waals surface area contributed by atoms with E-state index in [9.17, 15) is 14.7 Å². The third kappa shape index (κ3) is 8.63. The van der Waals surface area contributed by atoms with Crippen LogP contribution in [0.5, 0.6) is 5.75 Å². The number of aromatic carboxylic acids is 1. The molecule has 0 aliphatic rings. The highest BCUT2D eigenvalue weighted by molar-refractivity contribution is 5.93. The molecule has 0 spiro atoms. The largest absolute Gasteiger partial charge is 0.491 e. The van der Waals surface area contributed by atoms with E-state index in [1.54, 1.807) is 18.2 Å². The van der Waals surface area contributed by atoms with Crippen molar-refractivity contribution in [3.8, 4) is 5.75 Å². The lowest BCUT2D eigenvalue weighted by atomic mass is 10.0. The molecule has 0 aliphatic carbocycles. The summed E-state index contributed by atoms with van der Waals surface area (Å²) < 4.78 is 8.12. The Morgan fingerprint density at radius 2 is 1.65 bits per heavy atom. The quantitative estimate of drug-likeness (QED) is 0.136. The molecule has 4 aromatic rings. The first kappa shape index (κ1) is 28.7. The molecule has 1 unspecified atom stereocenters. The number of anilines is 1. The van der Waals surface area contributed by atoms with E-state index in [0.29, 0.717) is 12.2 Å². The van der Waals surface area contributed by atoms with E-state index < -0.39 is 5.97 Å². The normalized spacial score (nSPS) is 11.7. The number of aromatic nitrogens is 1. The van der Waals surface area contributed by atoms with Crippen LogP contribution in [0, 0.1) is 0 Å². The maximum absolute atomic E-state index is 12.8. The zero-order chi connectivity index (χ0) is 28.2. The highest BCUT2D eigenvalue weighted by Crippen LogP contribution is 2.20. The molecule has 3 N–H and O–H groups in total. The number of carboxylic acids is 1. The Labute approximate surface area is 236 Å². The van der Waals surface area contributed by atoms with E-state index >= 15 is 0 Å². The molecular formula is C33H39N3O4. The van der Waals surface area contributed by atoms with Gasteiger partial charge in [0.25, 0.3) is 0 Å². The molecule has 1 heterocycles. The number of amides is 2. The number of nitrogens with one attached hydrogen (secondary N) is 2. The first-order chi connectivity index (χ1) is 19.5. The molecule has 0 saturated heterocycles. The average molecular weight is 542 g/mol. The number of unbranched alkanes of at least 4 members (excludes halogenated alkanes) is 5. The maximum atomic E-state index is 12.8. The van der Waals surface area contributed by atoms with Gasteiger partial charge in [0.05, 0.1) is 11.6 Å². The van der Waals surface area contributed by atoms with Crippen LogP contribution in [0.15, 0.2) is 85.1 Å². The van der Waals surface area contributed by atoms with Crippen LogP contribution >= 0.6 is 0 Å². The van der Waals surface area contributed by atoms with E-state index in [1.165, 1.54) is 44.1 Å². The Hall–Kier alpha value is -4.26. The summed E-state index contributed by atoms with van der Waals surface area (Å²) in [5.74, 6) is -0.205. The number of carbonyl (C=O) groups excluding carboxylic acids is 1. The molecule has 4 rings (SSSR count). The Morgan fingerprint density at radius 1 is 0.900 bits per heavy atom. The average Bonchev–Trinajstić information content (AvgIpc) is 3.36. The van der Waals surface area contributed by atoms with Crippen molar-refractivity contribution in [2.45, 2.75) is 64.5 Å². The zero-order valence-corrected chi connectivity index (χ0v) is 23.1. The Morgan fingerprint density at radius 3 is 2.40 bits per heavy atom. The predicted molar refractivity (Wildman–Crippen MR) is 160 cm³/mol. The van der Waals surface area contributed by atoms with Gasteiger partial charge in [-0.1, -0.05) is 69.4 Å². The lowest BCUT2D eigenvalue weighted by molar-refractivity contribution is 0.0697. The zero-order valence-electron chi connectivity index (χ0n) is 23.1. The van der Waals surface area contributed by atoms with Gasteiger partial charge in [-0.3, -0.25) is 0 Å². The molecule has 0 aliphatic heterocycles. The van der Waals surface area contributed by atoms with Gasteiger partial charge in [-0.15, -0.1) is 0 Å². The summed E-state index contributed by atoms with van der Waals surface area (Å²) in [7, 11) is 0. The lowest BCUT2D eigenvalue weighted by Crippen LogP contribution is -2.44. The molecule has 0 fully saturated rings. The number of fused-ring (bicyclic) bond motifs is 1. The van der Waals surface area contributed by atoms with Crippen LogP contribution < -0.4 is 15.4 Å². The molecule has 1 atom stereocenters. The van der Waals surface area contributed by atoms with Crippen LogP contribution in [0.2, 0.25) is 0 Å². The van der Waals surface area contributed by atoms with Gasteiger partial charge in [-0.2, -0.15) is 0 Å². The van der Waals surface area contributed by atoms with Crippen LogP contribution in [0.25, 0.3) is 10.9 Å². The predicted octanol–water partition coefficient (Wildman–Crippen LogP) is 7.51. The summed E-state index contributed by atoms with van der Waals surface area (Å²) in [5, 5.41) is 16.1. The highest BCUT2D eigenvalue weighted by Gasteiger charge is 2.16. The highest BCUT2D eigenvalue weighted by atomic mass is 16.5. The van der Waals surface area contributed by atoms with Gasteiger partial charge >= 0.3 is 12.0 Å². The van der Waals surface area contributed by atoms with E-state index in [1.807, 2.05) is 59.3 Å². The monoisotopic (exact) mass is 541 g/mol. The van der Waals surface area contributed by atoms with E-state index in [0.717, 1.165) is 23.1 Å². The third-order valence-corrected chi connectivity index (χ3v) is 7.00. The molecule has 2 amide bonds. The minimum absolute atomic E-state index is 0.241. The van der Waals surface area contributed by atoms with Crippen molar-refractivity contribution in [2.24, 2.45) is 0 Å². The lowest BCUT2D eigenvalue weighted by Gasteiger charge is -2.21. The number of rotatable bonds is 15. The van der Waals surface area contributed by atoms with E-state index in [-0.39, 0.29) is 24.2 Å². The third-order valence-electron chi connectivity index (χ3n) is 7.00. The fourth-order valence-corrected chi connectivity index (χ4v) is 4.80.